The number of hydrogen-bond acceptors (Lipinski definition) is 3. The summed E-state index contributed by atoms with van der Waals surface area (Å²) in [6, 6.07) is 7.91. The molecule has 1 fully saturated rings. The van der Waals surface area contributed by atoms with Crippen LogP contribution in [0.1, 0.15) is 0 Å². The van der Waals surface area contributed by atoms with Crippen LogP contribution in [0.3, 0.4) is 0 Å². The first kappa shape index (κ1) is 7.26. The van der Waals surface area contributed by atoms with Gasteiger partial charge in [-0.1, -0.05) is 12.1 Å². The highest BCUT2D eigenvalue weighted by molar-refractivity contribution is 8.01. The van der Waals surface area contributed by atoms with E-state index < -0.39 is 0 Å². The van der Waals surface area contributed by atoms with Gasteiger partial charge in [0.05, 0.1) is 17.1 Å². The number of carbonyl (C=O) groups is 1. The highest BCUT2D eigenvalue weighted by Crippen LogP contribution is 2.41. The fourth-order valence-electron chi connectivity index (χ4n) is 1.73. The molecule has 66 valence electrons. The molecule has 2 heterocycles. The molecular weight excluding hydrogens is 184 g/mol. The quantitative estimate of drug-likeness (QED) is 0.675. The second kappa shape index (κ2) is 2.42. The summed E-state index contributed by atoms with van der Waals surface area (Å²) in [7, 11) is 0. The van der Waals surface area contributed by atoms with Crippen molar-refractivity contribution in [3.8, 4) is 0 Å². The van der Waals surface area contributed by atoms with Crippen molar-refractivity contribution in [3.63, 3.8) is 0 Å². The first-order chi connectivity index (χ1) is 6.36. The van der Waals surface area contributed by atoms with Crippen LogP contribution in [0.5, 0.6) is 0 Å². The molecule has 1 aromatic rings. The summed E-state index contributed by atoms with van der Waals surface area (Å²) >= 11 is 1.64. The molecule has 1 amide bonds. The fraction of sp³-hybridized carbons (Fsp3) is 0.222. The number of benzene rings is 1. The lowest BCUT2D eigenvalue weighted by Gasteiger charge is -2.13. The Kier molecular flexibility index (Phi) is 1.35. The number of thioether (sulfide) groups is 1. The lowest BCUT2D eigenvalue weighted by Crippen LogP contribution is -2.31. The molecule has 0 radical (unpaired) electrons. The fourth-order valence-corrected chi connectivity index (χ4v) is 2.76. The molecule has 3 nitrogen and oxygen atoms in total. The van der Waals surface area contributed by atoms with Gasteiger partial charge in [-0.3, -0.25) is 9.69 Å². The van der Waals surface area contributed by atoms with E-state index in [4.69, 9.17) is 0 Å². The van der Waals surface area contributed by atoms with Crippen molar-refractivity contribution in [3.05, 3.63) is 24.3 Å². The minimum Gasteiger partial charge on any atom is -0.355 e. The summed E-state index contributed by atoms with van der Waals surface area (Å²) in [5.41, 5.74) is 2.21. The normalized spacial score (nSPS) is 24.2. The predicted octanol–water partition coefficient (Wildman–Crippen LogP) is 1.48. The number of rotatable bonds is 0. The molecule has 0 spiro atoms. The van der Waals surface area contributed by atoms with Crippen LogP contribution < -0.4 is 10.2 Å². The third-order valence-corrected chi connectivity index (χ3v) is 3.37. The molecule has 1 unspecified atom stereocenters. The maximum atomic E-state index is 11.5. The minimum atomic E-state index is 0.130. The average Bonchev–Trinajstić information content (AvgIpc) is 2.66. The van der Waals surface area contributed by atoms with Crippen LogP contribution in [0.25, 0.3) is 0 Å². The lowest BCUT2D eigenvalue weighted by atomic mass is 10.3. The molecule has 0 bridgehead atoms. The molecule has 2 aliphatic heterocycles. The van der Waals surface area contributed by atoms with E-state index in [9.17, 15) is 4.79 Å². The lowest BCUT2D eigenvalue weighted by molar-refractivity contribution is -0.115. The molecule has 0 aliphatic carbocycles. The van der Waals surface area contributed by atoms with Gasteiger partial charge in [0.2, 0.25) is 5.91 Å². The van der Waals surface area contributed by atoms with Crippen molar-refractivity contribution in [2.45, 2.75) is 5.50 Å². The van der Waals surface area contributed by atoms with Crippen LogP contribution in [0, 0.1) is 0 Å². The van der Waals surface area contributed by atoms with Crippen molar-refractivity contribution < 1.29 is 4.79 Å². The van der Waals surface area contributed by atoms with E-state index in [0.29, 0.717) is 5.75 Å². The second-order valence-corrected chi connectivity index (χ2v) is 4.16. The summed E-state index contributed by atoms with van der Waals surface area (Å²) in [5, 5.41) is 3.29. The van der Waals surface area contributed by atoms with Crippen molar-refractivity contribution >= 4 is 29.0 Å². The molecule has 1 saturated heterocycles. The number of fused-ring (bicyclic) bond motifs is 3. The Morgan fingerprint density at radius 3 is 3.23 bits per heavy atom. The Hall–Kier alpha value is -1.16. The van der Waals surface area contributed by atoms with E-state index in [-0.39, 0.29) is 11.4 Å². The third-order valence-electron chi connectivity index (χ3n) is 2.31. The highest BCUT2D eigenvalue weighted by Gasteiger charge is 2.38. The van der Waals surface area contributed by atoms with E-state index in [0.717, 1.165) is 11.4 Å². The smallest absolute Gasteiger partial charge is 0.239 e. The van der Waals surface area contributed by atoms with Gasteiger partial charge < -0.3 is 5.32 Å². The van der Waals surface area contributed by atoms with Gasteiger partial charge in [-0.05, 0) is 12.1 Å². The Labute approximate surface area is 80.1 Å². The maximum absolute atomic E-state index is 11.5. The standard InChI is InChI=1S/C9H8N2OS/c12-8-5-13-9-10-6-3-1-2-4-7(6)11(8)9/h1-4,9-10H,5H2. The molecule has 13 heavy (non-hydrogen) atoms. The van der Waals surface area contributed by atoms with Crippen molar-refractivity contribution in [1.82, 2.24) is 0 Å². The van der Waals surface area contributed by atoms with E-state index in [1.807, 2.05) is 29.2 Å². The molecule has 2 aliphatic rings. The predicted molar refractivity (Wildman–Crippen MR) is 53.8 cm³/mol. The van der Waals surface area contributed by atoms with Crippen LogP contribution in [0.15, 0.2) is 24.3 Å². The van der Waals surface area contributed by atoms with Crippen LogP contribution in [0.4, 0.5) is 11.4 Å². The van der Waals surface area contributed by atoms with Gasteiger partial charge in [0.25, 0.3) is 0 Å². The van der Waals surface area contributed by atoms with Crippen molar-refractivity contribution in [1.29, 1.82) is 0 Å². The van der Waals surface area contributed by atoms with Crippen molar-refractivity contribution in [2.24, 2.45) is 0 Å². The Balaban J connectivity index is 2.13. The average molecular weight is 192 g/mol. The zero-order chi connectivity index (χ0) is 8.84. The summed E-state index contributed by atoms with van der Waals surface area (Å²) in [4.78, 5) is 13.3. The van der Waals surface area contributed by atoms with Crippen LogP contribution in [0.2, 0.25) is 0 Å². The van der Waals surface area contributed by atoms with Gasteiger partial charge in [-0.15, -0.1) is 11.8 Å². The van der Waals surface area contributed by atoms with Crippen LogP contribution >= 0.6 is 11.8 Å². The Morgan fingerprint density at radius 1 is 1.46 bits per heavy atom. The molecule has 1 aromatic carbocycles. The second-order valence-electron chi connectivity index (χ2n) is 3.09. The van der Waals surface area contributed by atoms with Crippen molar-refractivity contribution in [2.75, 3.05) is 16.0 Å². The first-order valence-electron chi connectivity index (χ1n) is 4.15. The molecule has 3 rings (SSSR count). The number of anilines is 2. The largest absolute Gasteiger partial charge is 0.355 e. The van der Waals surface area contributed by atoms with Gasteiger partial charge >= 0.3 is 0 Å². The number of nitrogens with zero attached hydrogens (tertiary/aromatic N) is 1. The van der Waals surface area contributed by atoms with E-state index >= 15 is 0 Å². The summed E-state index contributed by atoms with van der Waals surface area (Å²) in [6.07, 6.45) is 0. The SMILES string of the molecule is O=C1CSC2Nc3ccccc3N12. The van der Waals surface area contributed by atoms with Gasteiger partial charge in [-0.25, -0.2) is 0 Å². The summed E-state index contributed by atoms with van der Waals surface area (Å²) in [5.74, 6) is 0.791. The molecule has 1 N–H and O–H groups in total. The monoisotopic (exact) mass is 192 g/mol. The van der Waals surface area contributed by atoms with Gasteiger partial charge in [0, 0.05) is 0 Å². The molecule has 0 aromatic heterocycles. The van der Waals surface area contributed by atoms with E-state index in [2.05, 4.69) is 5.32 Å². The number of para-hydroxylation sites is 2. The zero-order valence-corrected chi connectivity index (χ0v) is 7.67. The topological polar surface area (TPSA) is 32.3 Å². The molecule has 1 atom stereocenters. The zero-order valence-electron chi connectivity index (χ0n) is 6.86. The molecule has 4 heteroatoms. The molecular formula is C9H8N2OS. The van der Waals surface area contributed by atoms with Gasteiger partial charge in [0.1, 0.15) is 0 Å². The summed E-state index contributed by atoms with van der Waals surface area (Å²) < 4.78 is 0. The number of nitrogens with one attached hydrogen (secondary N) is 1. The maximum Gasteiger partial charge on any atom is 0.239 e. The summed E-state index contributed by atoms with van der Waals surface area (Å²) in [6.45, 7) is 0. The number of amides is 1. The Morgan fingerprint density at radius 2 is 2.31 bits per heavy atom. The number of carbonyl (C=O) groups excluding carboxylic acids is 1. The highest BCUT2D eigenvalue weighted by atomic mass is 32.2. The van der Waals surface area contributed by atoms with E-state index in [1.54, 1.807) is 11.8 Å². The van der Waals surface area contributed by atoms with Gasteiger partial charge in [0.15, 0.2) is 5.50 Å². The molecule has 0 saturated carbocycles. The van der Waals surface area contributed by atoms with Crippen LogP contribution in [-0.2, 0) is 4.79 Å². The van der Waals surface area contributed by atoms with Crippen LogP contribution in [-0.4, -0.2) is 17.2 Å². The van der Waals surface area contributed by atoms with E-state index in [1.165, 1.54) is 0 Å². The Bertz CT molecular complexity index is 380. The van der Waals surface area contributed by atoms with Gasteiger partial charge in [-0.2, -0.15) is 0 Å². The first-order valence-corrected chi connectivity index (χ1v) is 5.20. The third kappa shape index (κ3) is 0.891. The number of hydrogen-bond donors (Lipinski definition) is 1. The minimum absolute atomic E-state index is 0.130.